The second-order valence-corrected chi connectivity index (χ2v) is 9.24. The molecule has 0 unspecified atom stereocenters. The minimum Gasteiger partial charge on any atom is -0.392 e. The second kappa shape index (κ2) is 8.69. The number of piperidine rings is 1. The lowest BCUT2D eigenvalue weighted by Gasteiger charge is -2.41. The fraction of sp³-hybridized carbons (Fsp3) is 1.00. The van der Waals surface area contributed by atoms with E-state index in [1.54, 1.807) is 0 Å². The van der Waals surface area contributed by atoms with Crippen LogP contribution in [-0.4, -0.2) is 60.5 Å². The summed E-state index contributed by atoms with van der Waals surface area (Å²) >= 11 is 0. The molecule has 0 radical (unpaired) electrons. The smallest absolute Gasteiger partial charge is 0.0693 e. The van der Waals surface area contributed by atoms with Crippen molar-refractivity contribution in [1.29, 1.82) is 0 Å². The van der Waals surface area contributed by atoms with E-state index < -0.39 is 0 Å². The van der Waals surface area contributed by atoms with Crippen LogP contribution in [0.15, 0.2) is 0 Å². The number of aliphatic hydroxyl groups excluding tert-OH is 1. The molecule has 25 heavy (non-hydrogen) atoms. The first-order valence-corrected chi connectivity index (χ1v) is 11.0. The van der Waals surface area contributed by atoms with Crippen molar-refractivity contribution in [2.75, 3.05) is 26.3 Å². The number of likely N-dealkylation sites (tertiary alicyclic amines) is 1. The van der Waals surface area contributed by atoms with Crippen LogP contribution in [0.25, 0.3) is 0 Å². The van der Waals surface area contributed by atoms with Crippen molar-refractivity contribution in [3.63, 3.8) is 0 Å². The van der Waals surface area contributed by atoms with E-state index in [0.717, 1.165) is 43.9 Å². The Hall–Kier alpha value is -0.160. The van der Waals surface area contributed by atoms with Gasteiger partial charge in [0.15, 0.2) is 0 Å². The topological polar surface area (TPSA) is 44.7 Å². The van der Waals surface area contributed by atoms with Crippen LogP contribution in [-0.2, 0) is 4.74 Å². The number of ether oxygens (including phenoxy) is 1. The van der Waals surface area contributed by atoms with Gasteiger partial charge < -0.3 is 20.1 Å². The number of nitrogens with one attached hydrogen (secondary N) is 1. The van der Waals surface area contributed by atoms with Gasteiger partial charge in [0, 0.05) is 31.3 Å². The SMILES string of the molecule is O[C@@H]1CCC[C@@H]1NC1CCN(C2CCC(COCC3CC3)CC2)CC1. The van der Waals surface area contributed by atoms with Gasteiger partial charge >= 0.3 is 0 Å². The van der Waals surface area contributed by atoms with Gasteiger partial charge in [-0.05, 0) is 95.6 Å². The summed E-state index contributed by atoms with van der Waals surface area (Å²) in [5.41, 5.74) is 0. The van der Waals surface area contributed by atoms with Crippen LogP contribution in [0.3, 0.4) is 0 Å². The van der Waals surface area contributed by atoms with Gasteiger partial charge in [0.2, 0.25) is 0 Å². The zero-order valence-corrected chi connectivity index (χ0v) is 15.9. The Morgan fingerprint density at radius 3 is 2.00 bits per heavy atom. The first-order chi connectivity index (χ1) is 12.3. The Morgan fingerprint density at radius 1 is 0.800 bits per heavy atom. The summed E-state index contributed by atoms with van der Waals surface area (Å²) in [5.74, 6) is 1.72. The van der Waals surface area contributed by atoms with Crippen LogP contribution in [0.1, 0.15) is 70.6 Å². The van der Waals surface area contributed by atoms with Gasteiger partial charge in [-0.25, -0.2) is 0 Å². The number of nitrogens with zero attached hydrogens (tertiary/aromatic N) is 1. The summed E-state index contributed by atoms with van der Waals surface area (Å²) < 4.78 is 5.92. The molecule has 4 heteroatoms. The van der Waals surface area contributed by atoms with Gasteiger partial charge in [0.05, 0.1) is 6.10 Å². The van der Waals surface area contributed by atoms with Crippen LogP contribution < -0.4 is 5.32 Å². The molecule has 2 N–H and O–H groups in total. The van der Waals surface area contributed by atoms with Crippen molar-refractivity contribution in [2.45, 2.75) is 94.9 Å². The van der Waals surface area contributed by atoms with E-state index in [4.69, 9.17) is 4.74 Å². The lowest BCUT2D eigenvalue weighted by Crippen LogP contribution is -2.51. The molecular formula is C21H38N2O2. The van der Waals surface area contributed by atoms with Crippen molar-refractivity contribution >= 4 is 0 Å². The van der Waals surface area contributed by atoms with Crippen molar-refractivity contribution in [1.82, 2.24) is 10.2 Å². The number of hydrogen-bond acceptors (Lipinski definition) is 4. The quantitative estimate of drug-likeness (QED) is 0.741. The fourth-order valence-corrected chi connectivity index (χ4v) is 5.23. The highest BCUT2D eigenvalue weighted by Gasteiger charge is 2.32. The Bertz CT molecular complexity index is 399. The zero-order chi connectivity index (χ0) is 17.1. The molecule has 4 rings (SSSR count). The molecule has 0 amide bonds. The molecule has 0 aromatic rings. The Balaban J connectivity index is 1.11. The van der Waals surface area contributed by atoms with Crippen molar-refractivity contribution in [2.24, 2.45) is 11.8 Å². The molecule has 4 aliphatic rings. The monoisotopic (exact) mass is 350 g/mol. The summed E-state index contributed by atoms with van der Waals surface area (Å²) in [4.78, 5) is 2.75. The Kier molecular flexibility index (Phi) is 6.33. The summed E-state index contributed by atoms with van der Waals surface area (Å²) in [7, 11) is 0. The van der Waals surface area contributed by atoms with Gasteiger partial charge in [-0.1, -0.05) is 0 Å². The highest BCUT2D eigenvalue weighted by Crippen LogP contribution is 2.32. The van der Waals surface area contributed by atoms with Crippen LogP contribution in [0.5, 0.6) is 0 Å². The molecule has 1 heterocycles. The fourth-order valence-electron chi connectivity index (χ4n) is 5.23. The summed E-state index contributed by atoms with van der Waals surface area (Å²) in [6, 6.07) is 1.81. The molecule has 0 bridgehead atoms. The molecule has 1 saturated heterocycles. The van der Waals surface area contributed by atoms with E-state index in [0.29, 0.717) is 12.1 Å². The molecule has 3 saturated carbocycles. The van der Waals surface area contributed by atoms with E-state index >= 15 is 0 Å². The van der Waals surface area contributed by atoms with Crippen molar-refractivity contribution < 1.29 is 9.84 Å². The Morgan fingerprint density at radius 2 is 1.44 bits per heavy atom. The third-order valence-electron chi connectivity index (χ3n) is 7.20. The third-order valence-corrected chi connectivity index (χ3v) is 7.20. The van der Waals surface area contributed by atoms with E-state index in [1.165, 1.54) is 70.9 Å². The molecule has 0 spiro atoms. The van der Waals surface area contributed by atoms with Crippen molar-refractivity contribution in [3.05, 3.63) is 0 Å². The molecule has 3 aliphatic carbocycles. The van der Waals surface area contributed by atoms with E-state index in [9.17, 15) is 5.11 Å². The van der Waals surface area contributed by atoms with Gasteiger partial charge in [0.1, 0.15) is 0 Å². The highest BCUT2D eigenvalue weighted by atomic mass is 16.5. The maximum atomic E-state index is 10.0. The normalized spacial score (nSPS) is 38.3. The van der Waals surface area contributed by atoms with Gasteiger partial charge in [-0.2, -0.15) is 0 Å². The van der Waals surface area contributed by atoms with Crippen LogP contribution in [0, 0.1) is 11.8 Å². The number of rotatable bonds is 7. The van der Waals surface area contributed by atoms with E-state index in [-0.39, 0.29) is 6.10 Å². The molecule has 144 valence electrons. The molecule has 4 fully saturated rings. The van der Waals surface area contributed by atoms with Gasteiger partial charge in [-0.3, -0.25) is 0 Å². The number of hydrogen-bond donors (Lipinski definition) is 2. The predicted molar refractivity (Wildman–Crippen MR) is 101 cm³/mol. The first-order valence-electron chi connectivity index (χ1n) is 11.0. The van der Waals surface area contributed by atoms with Gasteiger partial charge in [0.25, 0.3) is 0 Å². The zero-order valence-electron chi connectivity index (χ0n) is 15.9. The van der Waals surface area contributed by atoms with E-state index in [2.05, 4.69) is 10.2 Å². The molecular weight excluding hydrogens is 312 g/mol. The summed E-state index contributed by atoms with van der Waals surface area (Å²) in [6.45, 7) is 4.52. The lowest BCUT2D eigenvalue weighted by atomic mass is 9.85. The summed E-state index contributed by atoms with van der Waals surface area (Å²) in [5, 5.41) is 13.8. The largest absolute Gasteiger partial charge is 0.392 e. The second-order valence-electron chi connectivity index (χ2n) is 9.24. The molecule has 4 nitrogen and oxygen atoms in total. The highest BCUT2D eigenvalue weighted by molar-refractivity contribution is 4.89. The maximum Gasteiger partial charge on any atom is 0.0693 e. The minimum atomic E-state index is -0.101. The van der Waals surface area contributed by atoms with Gasteiger partial charge in [-0.15, -0.1) is 0 Å². The maximum absolute atomic E-state index is 10.0. The van der Waals surface area contributed by atoms with Crippen molar-refractivity contribution in [3.8, 4) is 0 Å². The third kappa shape index (κ3) is 5.18. The van der Waals surface area contributed by atoms with Crippen LogP contribution in [0.2, 0.25) is 0 Å². The van der Waals surface area contributed by atoms with E-state index in [1.807, 2.05) is 0 Å². The lowest BCUT2D eigenvalue weighted by molar-refractivity contribution is 0.0496. The van der Waals surface area contributed by atoms with Crippen LogP contribution in [0.4, 0.5) is 0 Å². The number of aliphatic hydroxyl groups is 1. The average Bonchev–Trinajstić information content (AvgIpc) is 3.38. The predicted octanol–water partition coefficient (Wildman–Crippen LogP) is 2.94. The summed E-state index contributed by atoms with van der Waals surface area (Å²) in [6.07, 6.45) is 14.0. The molecule has 0 aromatic heterocycles. The average molecular weight is 351 g/mol. The minimum absolute atomic E-state index is 0.101. The Labute approximate surface area is 153 Å². The standard InChI is InChI=1S/C21H38N2O2/c24-21-3-1-2-20(21)22-18-10-12-23(13-11-18)19-8-6-17(7-9-19)15-25-14-16-4-5-16/h16-22,24H,1-15H2/t17?,19?,20-,21+/m0/s1. The first kappa shape index (κ1) is 18.2. The molecule has 1 aliphatic heterocycles. The molecule has 0 aromatic carbocycles. The van der Waals surface area contributed by atoms with Crippen LogP contribution >= 0.6 is 0 Å². The molecule has 2 atom stereocenters.